The minimum atomic E-state index is -0.477. The van der Waals surface area contributed by atoms with Gasteiger partial charge in [0.15, 0.2) is 0 Å². The molecular weight excluding hydrogens is 514 g/mol. The summed E-state index contributed by atoms with van der Waals surface area (Å²) in [5.41, 5.74) is 3.25. The third-order valence-electron chi connectivity index (χ3n) is 3.95. The summed E-state index contributed by atoms with van der Waals surface area (Å²) in [4.78, 5) is 25.5. The first-order chi connectivity index (χ1) is 12.9. The van der Waals surface area contributed by atoms with Crippen LogP contribution in [0.5, 0.6) is 0 Å². The SMILES string of the molecule is CCc1ccc(-c2csc(NC(=O)c3cc(Br)c(Br)s3)c2C(=O)OC)cc1. The molecule has 4 nitrogen and oxygen atoms in total. The number of ether oxygens (including phenoxy) is 1. The highest BCUT2D eigenvalue weighted by Gasteiger charge is 2.23. The summed E-state index contributed by atoms with van der Waals surface area (Å²) in [5, 5.41) is 5.18. The molecule has 0 saturated carbocycles. The number of anilines is 1. The van der Waals surface area contributed by atoms with Crippen molar-refractivity contribution in [1.82, 2.24) is 0 Å². The predicted molar refractivity (Wildman–Crippen MR) is 118 cm³/mol. The van der Waals surface area contributed by atoms with E-state index >= 15 is 0 Å². The number of hydrogen-bond donors (Lipinski definition) is 1. The van der Waals surface area contributed by atoms with Crippen LogP contribution in [0.1, 0.15) is 32.5 Å². The molecule has 3 rings (SSSR count). The molecule has 1 amide bonds. The zero-order valence-electron chi connectivity index (χ0n) is 14.5. The minimum absolute atomic E-state index is 0.272. The molecule has 27 heavy (non-hydrogen) atoms. The molecule has 0 atom stereocenters. The number of benzene rings is 1. The molecule has 1 N–H and O–H groups in total. The predicted octanol–water partition coefficient (Wildman–Crippen LogP) is 6.60. The van der Waals surface area contributed by atoms with Crippen molar-refractivity contribution in [3.8, 4) is 11.1 Å². The zero-order valence-corrected chi connectivity index (χ0v) is 19.3. The fourth-order valence-electron chi connectivity index (χ4n) is 2.51. The third-order valence-corrected chi connectivity index (χ3v) is 8.10. The molecular formula is C19H15Br2NO3S2. The number of carbonyl (C=O) groups excluding carboxylic acids is 2. The first-order valence-electron chi connectivity index (χ1n) is 7.99. The number of carbonyl (C=O) groups is 2. The van der Waals surface area contributed by atoms with Gasteiger partial charge in [-0.3, -0.25) is 4.79 Å². The van der Waals surface area contributed by atoms with Crippen molar-refractivity contribution < 1.29 is 14.3 Å². The Morgan fingerprint density at radius 2 is 1.89 bits per heavy atom. The van der Waals surface area contributed by atoms with Crippen molar-refractivity contribution >= 4 is 71.4 Å². The lowest BCUT2D eigenvalue weighted by molar-refractivity contribution is 0.0603. The smallest absolute Gasteiger partial charge is 0.341 e. The van der Waals surface area contributed by atoms with Gasteiger partial charge in [-0.05, 0) is 55.5 Å². The van der Waals surface area contributed by atoms with Gasteiger partial charge in [-0.1, -0.05) is 31.2 Å². The average Bonchev–Trinajstić information content (AvgIpc) is 3.24. The fourth-order valence-corrected chi connectivity index (χ4v) is 5.39. The zero-order chi connectivity index (χ0) is 19.6. The van der Waals surface area contributed by atoms with Crippen LogP contribution in [-0.2, 0) is 11.2 Å². The first-order valence-corrected chi connectivity index (χ1v) is 11.3. The Morgan fingerprint density at radius 1 is 1.19 bits per heavy atom. The normalized spacial score (nSPS) is 10.7. The van der Waals surface area contributed by atoms with E-state index in [0.29, 0.717) is 15.4 Å². The summed E-state index contributed by atoms with van der Waals surface area (Å²) >= 11 is 9.38. The molecule has 3 aromatic rings. The van der Waals surface area contributed by atoms with Gasteiger partial charge >= 0.3 is 5.97 Å². The van der Waals surface area contributed by atoms with Crippen LogP contribution in [0.2, 0.25) is 0 Å². The van der Waals surface area contributed by atoms with E-state index in [1.54, 1.807) is 6.07 Å². The average molecular weight is 529 g/mol. The Balaban J connectivity index is 1.96. The van der Waals surface area contributed by atoms with Crippen molar-refractivity contribution in [3.63, 3.8) is 0 Å². The van der Waals surface area contributed by atoms with Crippen molar-refractivity contribution in [2.75, 3.05) is 12.4 Å². The van der Waals surface area contributed by atoms with Gasteiger partial charge in [0.05, 0.1) is 15.8 Å². The molecule has 0 aliphatic carbocycles. The van der Waals surface area contributed by atoms with E-state index in [-0.39, 0.29) is 5.91 Å². The van der Waals surface area contributed by atoms with E-state index in [2.05, 4.69) is 44.1 Å². The summed E-state index contributed by atoms with van der Waals surface area (Å²) in [7, 11) is 1.34. The molecule has 0 saturated heterocycles. The van der Waals surface area contributed by atoms with E-state index in [4.69, 9.17) is 4.74 Å². The number of amides is 1. The van der Waals surface area contributed by atoms with Crippen molar-refractivity contribution in [2.24, 2.45) is 0 Å². The summed E-state index contributed by atoms with van der Waals surface area (Å²) in [6.07, 6.45) is 0.945. The second kappa shape index (κ2) is 8.68. The quantitative estimate of drug-likeness (QED) is 0.379. The Hall–Kier alpha value is -1.48. The Kier molecular flexibility index (Phi) is 6.52. The van der Waals surface area contributed by atoms with Crippen LogP contribution in [0.25, 0.3) is 11.1 Å². The minimum Gasteiger partial charge on any atom is -0.465 e. The molecule has 1 aromatic carbocycles. The summed E-state index contributed by atoms with van der Waals surface area (Å²) in [6, 6.07) is 9.76. The number of methoxy groups -OCH3 is 1. The van der Waals surface area contributed by atoms with Crippen LogP contribution >= 0.6 is 54.5 Å². The van der Waals surface area contributed by atoms with E-state index in [1.165, 1.54) is 35.3 Å². The number of esters is 1. The maximum Gasteiger partial charge on any atom is 0.341 e. The molecule has 2 heterocycles. The van der Waals surface area contributed by atoms with Crippen LogP contribution in [0.3, 0.4) is 0 Å². The van der Waals surface area contributed by atoms with Crippen molar-refractivity contribution in [3.05, 3.63) is 60.0 Å². The number of nitrogens with one attached hydrogen (secondary N) is 1. The number of aryl methyl sites for hydroxylation is 1. The van der Waals surface area contributed by atoms with Gasteiger partial charge in [0.2, 0.25) is 0 Å². The summed E-state index contributed by atoms with van der Waals surface area (Å²) in [5.74, 6) is -0.749. The molecule has 2 aromatic heterocycles. The highest BCUT2D eigenvalue weighted by Crippen LogP contribution is 2.38. The first kappa shape index (κ1) is 20.3. The summed E-state index contributed by atoms with van der Waals surface area (Å²) < 4.78 is 6.61. The van der Waals surface area contributed by atoms with Gasteiger partial charge in [-0.2, -0.15) is 0 Å². The van der Waals surface area contributed by atoms with Gasteiger partial charge in [-0.25, -0.2) is 4.79 Å². The lowest BCUT2D eigenvalue weighted by Gasteiger charge is -2.07. The highest BCUT2D eigenvalue weighted by atomic mass is 79.9. The Bertz CT molecular complexity index is 974. The van der Waals surface area contributed by atoms with Crippen molar-refractivity contribution in [1.29, 1.82) is 0 Å². The van der Waals surface area contributed by atoms with E-state index < -0.39 is 5.97 Å². The third kappa shape index (κ3) is 4.34. The van der Waals surface area contributed by atoms with Crippen molar-refractivity contribution in [2.45, 2.75) is 13.3 Å². The highest BCUT2D eigenvalue weighted by molar-refractivity contribution is 9.13. The number of hydrogen-bond acceptors (Lipinski definition) is 5. The fraction of sp³-hybridized carbons (Fsp3) is 0.158. The van der Waals surface area contributed by atoms with Crippen LogP contribution in [0.4, 0.5) is 5.00 Å². The van der Waals surface area contributed by atoms with Gasteiger partial charge < -0.3 is 10.1 Å². The molecule has 0 aliphatic rings. The molecule has 140 valence electrons. The molecule has 0 bridgehead atoms. The van der Waals surface area contributed by atoms with Crippen LogP contribution in [0.15, 0.2) is 44.0 Å². The van der Waals surface area contributed by atoms with Gasteiger partial charge in [0.25, 0.3) is 5.91 Å². The molecule has 0 aliphatic heterocycles. The Morgan fingerprint density at radius 3 is 2.44 bits per heavy atom. The van der Waals surface area contributed by atoms with Gasteiger partial charge in [-0.15, -0.1) is 22.7 Å². The number of thiophene rings is 2. The molecule has 0 spiro atoms. The second-order valence-electron chi connectivity index (χ2n) is 5.58. The largest absolute Gasteiger partial charge is 0.465 e. The van der Waals surface area contributed by atoms with Gasteiger partial charge in [0, 0.05) is 15.4 Å². The van der Waals surface area contributed by atoms with E-state index in [9.17, 15) is 9.59 Å². The monoisotopic (exact) mass is 527 g/mol. The number of rotatable bonds is 5. The molecule has 0 radical (unpaired) electrons. The topological polar surface area (TPSA) is 55.4 Å². The Labute approximate surface area is 181 Å². The van der Waals surface area contributed by atoms with Crippen LogP contribution < -0.4 is 5.32 Å². The van der Waals surface area contributed by atoms with Crippen LogP contribution in [-0.4, -0.2) is 19.0 Å². The molecule has 0 unspecified atom stereocenters. The number of halogens is 2. The van der Waals surface area contributed by atoms with Crippen LogP contribution in [0, 0.1) is 0 Å². The maximum absolute atomic E-state index is 12.6. The standard InChI is InChI=1S/C19H15Br2NO3S2/c1-3-10-4-6-11(7-5-10)12-9-26-18(15(12)19(24)25-2)22-17(23)14-8-13(20)16(21)27-14/h4-9H,3H2,1-2H3,(H,22,23). The maximum atomic E-state index is 12.6. The molecule has 8 heteroatoms. The van der Waals surface area contributed by atoms with E-state index in [1.807, 2.05) is 29.6 Å². The second-order valence-corrected chi connectivity index (χ2v) is 9.69. The lowest BCUT2D eigenvalue weighted by atomic mass is 10.0. The molecule has 0 fully saturated rings. The lowest BCUT2D eigenvalue weighted by Crippen LogP contribution is -2.13. The van der Waals surface area contributed by atoms with Gasteiger partial charge in [0.1, 0.15) is 10.6 Å². The summed E-state index contributed by atoms with van der Waals surface area (Å²) in [6.45, 7) is 2.09. The van der Waals surface area contributed by atoms with E-state index in [0.717, 1.165) is 25.8 Å².